The summed E-state index contributed by atoms with van der Waals surface area (Å²) in [6.45, 7) is 4.60. The number of carbonyl (C=O) groups is 1. The van der Waals surface area contributed by atoms with E-state index in [4.69, 9.17) is 4.74 Å². The maximum absolute atomic E-state index is 13.5. The van der Waals surface area contributed by atoms with Gasteiger partial charge in [0.15, 0.2) is 0 Å². The molecule has 2 aliphatic rings. The van der Waals surface area contributed by atoms with Gasteiger partial charge in [0.05, 0.1) is 12.5 Å². The smallest absolute Gasteiger partial charge is 0.233 e. The van der Waals surface area contributed by atoms with Gasteiger partial charge in [0.25, 0.3) is 0 Å². The number of methoxy groups -OCH3 is 1. The van der Waals surface area contributed by atoms with Crippen LogP contribution >= 0.6 is 0 Å². The molecule has 3 aromatic rings. The largest absolute Gasteiger partial charge is 0.497 e. The highest BCUT2D eigenvalue weighted by Gasteiger charge is 2.53. The fraction of sp³-hybridized carbons (Fsp3) is 0.400. The SMILES string of the molecule is COc1ccc(C2(C(=O)N3CCC(Cn4c(C)cnc4-c4cccnc4)C3)CC2)cc1. The van der Waals surface area contributed by atoms with E-state index in [-0.39, 0.29) is 11.3 Å². The summed E-state index contributed by atoms with van der Waals surface area (Å²) in [5.41, 5.74) is 2.96. The predicted octanol–water partition coefficient (Wildman–Crippen LogP) is 3.84. The molecule has 160 valence electrons. The number of benzene rings is 1. The Hall–Kier alpha value is -3.15. The van der Waals surface area contributed by atoms with Gasteiger partial charge in [-0.15, -0.1) is 0 Å². The summed E-state index contributed by atoms with van der Waals surface area (Å²) >= 11 is 0. The molecule has 0 bridgehead atoms. The number of amides is 1. The Morgan fingerprint density at radius 3 is 2.68 bits per heavy atom. The van der Waals surface area contributed by atoms with E-state index in [9.17, 15) is 4.79 Å². The first-order valence-corrected chi connectivity index (χ1v) is 11.0. The molecule has 1 aliphatic heterocycles. The van der Waals surface area contributed by atoms with Crippen molar-refractivity contribution < 1.29 is 9.53 Å². The summed E-state index contributed by atoms with van der Waals surface area (Å²) < 4.78 is 7.54. The summed E-state index contributed by atoms with van der Waals surface area (Å²) in [6, 6.07) is 12.0. The average Bonchev–Trinajstić information content (AvgIpc) is 3.36. The second-order valence-corrected chi connectivity index (χ2v) is 8.79. The number of rotatable bonds is 6. The molecule has 1 saturated heterocycles. The Balaban J connectivity index is 1.29. The first kappa shape index (κ1) is 19.8. The van der Waals surface area contributed by atoms with E-state index in [0.717, 1.165) is 67.3 Å². The summed E-state index contributed by atoms with van der Waals surface area (Å²) in [7, 11) is 1.67. The fourth-order valence-electron chi connectivity index (χ4n) is 4.80. The Bertz CT molecular complexity index is 1070. The first-order valence-electron chi connectivity index (χ1n) is 11.0. The number of imidazole rings is 1. The van der Waals surface area contributed by atoms with Gasteiger partial charge in [-0.2, -0.15) is 0 Å². The molecule has 1 saturated carbocycles. The minimum absolute atomic E-state index is 0.287. The third-order valence-electron chi connectivity index (χ3n) is 6.79. The highest BCUT2D eigenvalue weighted by Crippen LogP contribution is 2.50. The van der Waals surface area contributed by atoms with Crippen LogP contribution in [0.25, 0.3) is 11.4 Å². The maximum atomic E-state index is 13.5. The van der Waals surface area contributed by atoms with Crippen LogP contribution in [0.3, 0.4) is 0 Å². The third kappa shape index (κ3) is 3.60. The molecule has 1 atom stereocenters. The van der Waals surface area contributed by atoms with E-state index >= 15 is 0 Å². The van der Waals surface area contributed by atoms with E-state index in [1.165, 1.54) is 0 Å². The number of pyridine rings is 1. The summed E-state index contributed by atoms with van der Waals surface area (Å²) in [4.78, 5) is 24.4. The van der Waals surface area contributed by atoms with E-state index in [2.05, 4.69) is 26.4 Å². The highest BCUT2D eigenvalue weighted by atomic mass is 16.5. The lowest BCUT2D eigenvalue weighted by Gasteiger charge is -2.24. The molecule has 6 heteroatoms. The van der Waals surface area contributed by atoms with Gasteiger partial charge >= 0.3 is 0 Å². The molecule has 2 aromatic heterocycles. The summed E-state index contributed by atoms with van der Waals surface area (Å²) in [5.74, 6) is 2.49. The number of ether oxygens (including phenoxy) is 1. The van der Waals surface area contributed by atoms with E-state index < -0.39 is 0 Å². The van der Waals surface area contributed by atoms with Crippen LogP contribution in [-0.2, 0) is 16.8 Å². The fourth-order valence-corrected chi connectivity index (χ4v) is 4.80. The Kier molecular flexibility index (Phi) is 5.00. The molecule has 1 aliphatic carbocycles. The molecular formula is C25H28N4O2. The van der Waals surface area contributed by atoms with Crippen molar-refractivity contribution in [2.45, 2.75) is 38.1 Å². The average molecular weight is 417 g/mol. The quantitative estimate of drug-likeness (QED) is 0.613. The number of aryl methyl sites for hydroxylation is 1. The second kappa shape index (κ2) is 7.84. The monoisotopic (exact) mass is 416 g/mol. The molecule has 0 radical (unpaired) electrons. The van der Waals surface area contributed by atoms with Gasteiger partial charge in [0.2, 0.25) is 5.91 Å². The van der Waals surface area contributed by atoms with Crippen LogP contribution in [0.5, 0.6) is 5.75 Å². The van der Waals surface area contributed by atoms with Crippen LogP contribution in [0, 0.1) is 12.8 Å². The first-order chi connectivity index (χ1) is 15.1. The predicted molar refractivity (Wildman–Crippen MR) is 119 cm³/mol. The Morgan fingerprint density at radius 1 is 1.19 bits per heavy atom. The van der Waals surface area contributed by atoms with Gasteiger partial charge in [0.1, 0.15) is 11.6 Å². The standard InChI is InChI=1S/C25H28N4O2/c1-18-14-27-23(20-4-3-12-26-15-20)29(18)17-19-9-13-28(16-19)24(30)25(10-11-25)21-5-7-22(31-2)8-6-21/h3-8,12,14-15,19H,9-11,13,16-17H2,1-2H3. The van der Waals surface area contributed by atoms with Crippen LogP contribution in [0.2, 0.25) is 0 Å². The van der Waals surface area contributed by atoms with E-state index in [1.54, 1.807) is 13.3 Å². The molecule has 0 N–H and O–H groups in total. The van der Waals surface area contributed by atoms with Crippen LogP contribution < -0.4 is 4.74 Å². The molecule has 31 heavy (non-hydrogen) atoms. The lowest BCUT2D eigenvalue weighted by Crippen LogP contribution is -2.38. The van der Waals surface area contributed by atoms with Gasteiger partial charge in [0, 0.05) is 49.5 Å². The topological polar surface area (TPSA) is 60.2 Å². The number of likely N-dealkylation sites (tertiary alicyclic amines) is 1. The van der Waals surface area contributed by atoms with Crippen molar-refractivity contribution in [2.75, 3.05) is 20.2 Å². The number of hydrogen-bond acceptors (Lipinski definition) is 4. The summed E-state index contributed by atoms with van der Waals surface area (Å²) in [5, 5.41) is 0. The zero-order valence-electron chi connectivity index (χ0n) is 18.1. The van der Waals surface area contributed by atoms with Gasteiger partial charge in [-0.1, -0.05) is 12.1 Å². The van der Waals surface area contributed by atoms with Crippen molar-refractivity contribution in [3.8, 4) is 17.1 Å². The van der Waals surface area contributed by atoms with Crippen molar-refractivity contribution in [1.82, 2.24) is 19.4 Å². The van der Waals surface area contributed by atoms with E-state index in [1.807, 2.05) is 48.8 Å². The van der Waals surface area contributed by atoms with Crippen molar-refractivity contribution in [3.63, 3.8) is 0 Å². The number of hydrogen-bond donors (Lipinski definition) is 0. The third-order valence-corrected chi connectivity index (χ3v) is 6.79. The lowest BCUT2D eigenvalue weighted by atomic mass is 9.94. The van der Waals surface area contributed by atoms with Crippen LogP contribution in [0.4, 0.5) is 0 Å². The molecule has 1 unspecified atom stereocenters. The molecule has 5 rings (SSSR count). The van der Waals surface area contributed by atoms with Crippen LogP contribution in [0.15, 0.2) is 55.0 Å². The maximum Gasteiger partial charge on any atom is 0.233 e. The zero-order valence-corrected chi connectivity index (χ0v) is 18.1. The van der Waals surface area contributed by atoms with Gasteiger partial charge in [-0.25, -0.2) is 4.98 Å². The Morgan fingerprint density at radius 2 is 2.00 bits per heavy atom. The normalized spacial score (nSPS) is 19.4. The summed E-state index contributed by atoms with van der Waals surface area (Å²) in [6.07, 6.45) is 8.45. The van der Waals surface area contributed by atoms with Crippen LogP contribution in [0.1, 0.15) is 30.5 Å². The van der Waals surface area contributed by atoms with Gasteiger partial charge in [-0.05, 0) is 61.9 Å². The molecule has 3 heterocycles. The molecule has 2 fully saturated rings. The lowest BCUT2D eigenvalue weighted by molar-refractivity contribution is -0.133. The molecule has 6 nitrogen and oxygen atoms in total. The van der Waals surface area contributed by atoms with Gasteiger partial charge < -0.3 is 14.2 Å². The van der Waals surface area contributed by atoms with Crippen molar-refractivity contribution >= 4 is 5.91 Å². The number of nitrogens with zero attached hydrogens (tertiary/aromatic N) is 4. The highest BCUT2D eigenvalue weighted by molar-refractivity contribution is 5.91. The minimum Gasteiger partial charge on any atom is -0.497 e. The zero-order chi connectivity index (χ0) is 21.4. The van der Waals surface area contributed by atoms with E-state index in [0.29, 0.717) is 5.92 Å². The van der Waals surface area contributed by atoms with Crippen LogP contribution in [-0.4, -0.2) is 45.5 Å². The number of carbonyl (C=O) groups excluding carboxylic acids is 1. The van der Waals surface area contributed by atoms with Crippen molar-refractivity contribution in [1.29, 1.82) is 0 Å². The van der Waals surface area contributed by atoms with Crippen molar-refractivity contribution in [2.24, 2.45) is 5.92 Å². The Labute approximate surface area is 182 Å². The second-order valence-electron chi connectivity index (χ2n) is 8.79. The van der Waals surface area contributed by atoms with Crippen molar-refractivity contribution in [3.05, 3.63) is 66.2 Å². The molecule has 0 spiro atoms. The molecule has 1 aromatic carbocycles. The minimum atomic E-state index is -0.326. The van der Waals surface area contributed by atoms with Gasteiger partial charge in [-0.3, -0.25) is 9.78 Å². The number of aromatic nitrogens is 3. The molecular weight excluding hydrogens is 388 g/mol. The molecule has 1 amide bonds.